The zero-order valence-electron chi connectivity index (χ0n) is 13.4. The lowest BCUT2D eigenvalue weighted by molar-refractivity contribution is 0.199. The fourth-order valence-corrected chi connectivity index (χ4v) is 3.04. The first-order chi connectivity index (χ1) is 11.0. The molecule has 6 heteroatoms. The fraction of sp³-hybridized carbons (Fsp3) is 0.294. The van der Waals surface area contributed by atoms with Crippen molar-refractivity contribution in [3.63, 3.8) is 0 Å². The molecule has 0 saturated heterocycles. The maximum Gasteiger partial charge on any atom is 0.137 e. The van der Waals surface area contributed by atoms with Gasteiger partial charge in [-0.2, -0.15) is 0 Å². The van der Waals surface area contributed by atoms with E-state index in [4.69, 9.17) is 0 Å². The molecule has 2 heterocycles. The average molecular weight is 328 g/mol. The Balaban J connectivity index is 1.72. The number of anilines is 1. The lowest BCUT2D eigenvalue weighted by Gasteiger charge is -2.06. The van der Waals surface area contributed by atoms with Gasteiger partial charge in [-0.3, -0.25) is 0 Å². The summed E-state index contributed by atoms with van der Waals surface area (Å²) in [5.74, 6) is 0.887. The van der Waals surface area contributed by atoms with Gasteiger partial charge >= 0.3 is 0 Å². The first kappa shape index (κ1) is 15.7. The molecule has 0 aliphatic rings. The van der Waals surface area contributed by atoms with Gasteiger partial charge < -0.3 is 15.4 Å². The van der Waals surface area contributed by atoms with Crippen LogP contribution in [-0.2, 0) is 6.54 Å². The van der Waals surface area contributed by atoms with Gasteiger partial charge in [-0.05, 0) is 32.9 Å². The van der Waals surface area contributed by atoms with E-state index in [-0.39, 0.29) is 0 Å². The summed E-state index contributed by atoms with van der Waals surface area (Å²) in [5, 5.41) is 13.7. The molecule has 0 aliphatic heterocycles. The number of aliphatic hydroxyl groups is 1. The van der Waals surface area contributed by atoms with Crippen molar-refractivity contribution in [2.75, 3.05) is 5.32 Å². The molecule has 3 rings (SSSR count). The SMILES string of the molecule is Cc1nc(-c2cccc(NCc3cnc(C(C)O)s3)c2)[nH]c1C. The number of H-pyrrole nitrogens is 1. The Morgan fingerprint density at radius 3 is 2.83 bits per heavy atom. The summed E-state index contributed by atoms with van der Waals surface area (Å²) in [4.78, 5) is 13.2. The second kappa shape index (κ2) is 6.52. The number of benzene rings is 1. The molecule has 1 unspecified atom stereocenters. The number of aliphatic hydroxyl groups excluding tert-OH is 1. The molecule has 1 atom stereocenters. The minimum absolute atomic E-state index is 0.512. The van der Waals surface area contributed by atoms with Crippen LogP contribution in [0, 0.1) is 13.8 Å². The average Bonchev–Trinajstić information content (AvgIpc) is 3.13. The quantitative estimate of drug-likeness (QED) is 0.666. The number of nitrogens with one attached hydrogen (secondary N) is 2. The van der Waals surface area contributed by atoms with Crippen LogP contribution in [0.1, 0.15) is 34.3 Å². The lowest BCUT2D eigenvalue weighted by atomic mass is 10.2. The summed E-state index contributed by atoms with van der Waals surface area (Å²) >= 11 is 1.52. The fourth-order valence-electron chi connectivity index (χ4n) is 2.25. The molecule has 0 amide bonds. The summed E-state index contributed by atoms with van der Waals surface area (Å²) in [5.41, 5.74) is 4.20. The van der Waals surface area contributed by atoms with E-state index in [9.17, 15) is 5.11 Å². The first-order valence-electron chi connectivity index (χ1n) is 7.53. The molecule has 5 nitrogen and oxygen atoms in total. The second-order valence-electron chi connectivity index (χ2n) is 5.57. The van der Waals surface area contributed by atoms with Crippen LogP contribution in [0.3, 0.4) is 0 Å². The third-order valence-corrected chi connectivity index (χ3v) is 4.83. The maximum absolute atomic E-state index is 9.53. The van der Waals surface area contributed by atoms with Crippen LogP contribution in [0.2, 0.25) is 0 Å². The molecule has 0 fully saturated rings. The Kier molecular flexibility index (Phi) is 4.45. The number of nitrogens with zero attached hydrogens (tertiary/aromatic N) is 2. The van der Waals surface area contributed by atoms with Gasteiger partial charge in [0.2, 0.25) is 0 Å². The summed E-state index contributed by atoms with van der Waals surface area (Å²) in [6, 6.07) is 8.16. The number of thiazole rings is 1. The Hall–Kier alpha value is -2.18. The zero-order valence-corrected chi connectivity index (χ0v) is 14.2. The molecule has 0 spiro atoms. The summed E-state index contributed by atoms with van der Waals surface area (Å²) in [6.45, 7) is 6.44. The molecule has 1 aromatic carbocycles. The van der Waals surface area contributed by atoms with E-state index in [0.29, 0.717) is 6.54 Å². The van der Waals surface area contributed by atoms with Gasteiger partial charge in [-0.1, -0.05) is 12.1 Å². The van der Waals surface area contributed by atoms with Gasteiger partial charge in [0.05, 0.1) is 12.2 Å². The highest BCUT2D eigenvalue weighted by Crippen LogP contribution is 2.23. The number of hydrogen-bond donors (Lipinski definition) is 3. The van der Waals surface area contributed by atoms with Crippen molar-refractivity contribution in [3.05, 3.63) is 51.7 Å². The van der Waals surface area contributed by atoms with Crippen molar-refractivity contribution in [2.24, 2.45) is 0 Å². The maximum atomic E-state index is 9.53. The summed E-state index contributed by atoms with van der Waals surface area (Å²) in [6.07, 6.45) is 1.30. The standard InChI is InChI=1S/C17H20N4OS/c1-10-11(2)21-16(20-10)13-5-4-6-14(7-13)18-8-15-9-19-17(23-15)12(3)22/h4-7,9,12,18,22H,8H2,1-3H3,(H,20,21). The Morgan fingerprint density at radius 2 is 2.17 bits per heavy atom. The van der Waals surface area contributed by atoms with Crippen molar-refractivity contribution in [3.8, 4) is 11.4 Å². The van der Waals surface area contributed by atoms with Crippen LogP contribution in [0.4, 0.5) is 5.69 Å². The van der Waals surface area contributed by atoms with Crippen LogP contribution < -0.4 is 5.32 Å². The largest absolute Gasteiger partial charge is 0.386 e. The number of hydrogen-bond acceptors (Lipinski definition) is 5. The Bertz CT molecular complexity index is 787. The van der Waals surface area contributed by atoms with Gasteiger partial charge in [0.25, 0.3) is 0 Å². The van der Waals surface area contributed by atoms with Crippen LogP contribution in [-0.4, -0.2) is 20.1 Å². The van der Waals surface area contributed by atoms with Gasteiger partial charge in [0.15, 0.2) is 0 Å². The van der Waals surface area contributed by atoms with Crippen LogP contribution in [0.25, 0.3) is 11.4 Å². The van der Waals surface area contributed by atoms with Crippen molar-refractivity contribution >= 4 is 17.0 Å². The van der Waals surface area contributed by atoms with Crippen molar-refractivity contribution in [1.82, 2.24) is 15.0 Å². The highest BCUT2D eigenvalue weighted by molar-refractivity contribution is 7.11. The second-order valence-corrected chi connectivity index (χ2v) is 6.72. The highest BCUT2D eigenvalue weighted by Gasteiger charge is 2.08. The molecule has 23 heavy (non-hydrogen) atoms. The predicted octanol–water partition coefficient (Wildman–Crippen LogP) is 3.82. The van der Waals surface area contributed by atoms with Crippen LogP contribution in [0.15, 0.2) is 30.5 Å². The van der Waals surface area contributed by atoms with E-state index in [1.807, 2.05) is 38.2 Å². The summed E-state index contributed by atoms with van der Waals surface area (Å²) < 4.78 is 0. The number of rotatable bonds is 5. The normalized spacial score (nSPS) is 12.3. The minimum Gasteiger partial charge on any atom is -0.386 e. The molecule has 0 bridgehead atoms. The minimum atomic E-state index is -0.512. The van der Waals surface area contributed by atoms with Crippen molar-refractivity contribution < 1.29 is 5.11 Å². The monoisotopic (exact) mass is 328 g/mol. The van der Waals surface area contributed by atoms with E-state index in [0.717, 1.165) is 38.3 Å². The molecule has 3 N–H and O–H groups in total. The van der Waals surface area contributed by atoms with Gasteiger partial charge in [0.1, 0.15) is 16.9 Å². The molecule has 0 radical (unpaired) electrons. The third-order valence-electron chi connectivity index (χ3n) is 3.66. The van der Waals surface area contributed by atoms with E-state index < -0.39 is 6.10 Å². The number of imidazole rings is 1. The van der Waals surface area contributed by atoms with Crippen molar-refractivity contribution in [1.29, 1.82) is 0 Å². The Labute approximate surface area is 139 Å². The molecule has 0 saturated carbocycles. The summed E-state index contributed by atoms with van der Waals surface area (Å²) in [7, 11) is 0. The molecule has 3 aromatic rings. The molecular weight excluding hydrogens is 308 g/mol. The predicted molar refractivity (Wildman–Crippen MR) is 93.6 cm³/mol. The molecule has 0 aliphatic carbocycles. The lowest BCUT2D eigenvalue weighted by Crippen LogP contribution is -1.97. The topological polar surface area (TPSA) is 73.8 Å². The molecular formula is C17H20N4OS. The van der Waals surface area contributed by atoms with Gasteiger partial charge in [-0.15, -0.1) is 11.3 Å². The van der Waals surface area contributed by atoms with E-state index in [1.165, 1.54) is 11.3 Å². The van der Waals surface area contributed by atoms with Crippen molar-refractivity contribution in [2.45, 2.75) is 33.4 Å². The van der Waals surface area contributed by atoms with E-state index in [1.54, 1.807) is 6.92 Å². The van der Waals surface area contributed by atoms with E-state index >= 15 is 0 Å². The van der Waals surface area contributed by atoms with E-state index in [2.05, 4.69) is 26.3 Å². The third kappa shape index (κ3) is 3.60. The number of aromatic nitrogens is 3. The smallest absolute Gasteiger partial charge is 0.137 e. The molecule has 2 aromatic heterocycles. The highest BCUT2D eigenvalue weighted by atomic mass is 32.1. The Morgan fingerprint density at radius 1 is 1.35 bits per heavy atom. The number of aromatic amines is 1. The van der Waals surface area contributed by atoms with Gasteiger partial charge in [-0.25, -0.2) is 9.97 Å². The first-order valence-corrected chi connectivity index (χ1v) is 8.35. The zero-order chi connectivity index (χ0) is 16.4. The molecule has 120 valence electrons. The van der Waals surface area contributed by atoms with Gasteiger partial charge in [0, 0.05) is 28.0 Å². The van der Waals surface area contributed by atoms with Crippen LogP contribution in [0.5, 0.6) is 0 Å². The van der Waals surface area contributed by atoms with Crippen LogP contribution >= 0.6 is 11.3 Å². The number of aryl methyl sites for hydroxylation is 2.